The number of nitrogens with two attached hydrogens (primary N) is 1. The minimum Gasteiger partial charge on any atom is -0.330 e. The molecule has 1 unspecified atom stereocenters. The van der Waals surface area contributed by atoms with Crippen LogP contribution in [0.1, 0.15) is 25.5 Å². The van der Waals surface area contributed by atoms with Crippen LogP contribution < -0.4 is 5.73 Å². The molecule has 1 fully saturated rings. The van der Waals surface area contributed by atoms with Gasteiger partial charge in [-0.1, -0.05) is 6.92 Å². The van der Waals surface area contributed by atoms with Gasteiger partial charge in [0, 0.05) is 17.8 Å². The molecule has 3 rings (SSSR count). The highest BCUT2D eigenvalue weighted by atomic mass is 32.1. The Morgan fingerprint density at radius 2 is 2.44 bits per heavy atom. The zero-order chi connectivity index (χ0) is 11.2. The zero-order valence-electron chi connectivity index (χ0n) is 9.52. The van der Waals surface area contributed by atoms with Crippen molar-refractivity contribution >= 4 is 16.3 Å². The molecule has 0 aliphatic heterocycles. The number of hydrogen-bond donors (Lipinski definition) is 1. The number of imidazole rings is 1. The number of thiazole rings is 1. The fourth-order valence-corrected chi connectivity index (χ4v) is 3.16. The molecular formula is C12H17N3S. The first-order chi connectivity index (χ1) is 7.71. The van der Waals surface area contributed by atoms with Crippen molar-refractivity contribution in [2.45, 2.75) is 26.2 Å². The first-order valence-corrected chi connectivity index (χ1v) is 6.70. The standard InChI is InChI=1S/C12H17N3S/c1-12(8-13,9-2-3-9)6-10-7-15-4-5-16-11(15)14-10/h4-5,7,9H,2-3,6,8,13H2,1H3. The summed E-state index contributed by atoms with van der Waals surface area (Å²) < 4.78 is 2.10. The van der Waals surface area contributed by atoms with Gasteiger partial charge in [0.2, 0.25) is 0 Å². The van der Waals surface area contributed by atoms with Crippen LogP contribution in [0.3, 0.4) is 0 Å². The average Bonchev–Trinajstić information content (AvgIpc) is 2.93. The van der Waals surface area contributed by atoms with E-state index >= 15 is 0 Å². The summed E-state index contributed by atoms with van der Waals surface area (Å²) in [5, 5.41) is 2.06. The predicted molar refractivity (Wildman–Crippen MR) is 66.7 cm³/mol. The average molecular weight is 235 g/mol. The predicted octanol–water partition coefficient (Wildman–Crippen LogP) is 2.31. The molecule has 2 aromatic heterocycles. The second-order valence-corrected chi connectivity index (χ2v) is 6.01. The highest BCUT2D eigenvalue weighted by Crippen LogP contribution is 2.46. The summed E-state index contributed by atoms with van der Waals surface area (Å²) in [6.45, 7) is 3.07. The monoisotopic (exact) mass is 235 g/mol. The largest absolute Gasteiger partial charge is 0.330 e. The first-order valence-electron chi connectivity index (χ1n) is 5.82. The van der Waals surface area contributed by atoms with Gasteiger partial charge in [-0.3, -0.25) is 4.40 Å². The van der Waals surface area contributed by atoms with Gasteiger partial charge in [0.15, 0.2) is 4.96 Å². The quantitative estimate of drug-likeness (QED) is 0.883. The van der Waals surface area contributed by atoms with Gasteiger partial charge in [0.1, 0.15) is 0 Å². The molecule has 1 aliphatic rings. The van der Waals surface area contributed by atoms with Crippen molar-refractivity contribution in [2.24, 2.45) is 17.1 Å². The molecule has 16 heavy (non-hydrogen) atoms. The molecular weight excluding hydrogens is 218 g/mol. The molecule has 0 spiro atoms. The van der Waals surface area contributed by atoms with Crippen molar-refractivity contribution in [1.29, 1.82) is 0 Å². The summed E-state index contributed by atoms with van der Waals surface area (Å²) in [6, 6.07) is 0. The van der Waals surface area contributed by atoms with Gasteiger partial charge >= 0.3 is 0 Å². The Bertz CT molecular complexity index is 469. The van der Waals surface area contributed by atoms with E-state index in [2.05, 4.69) is 34.1 Å². The van der Waals surface area contributed by atoms with Gasteiger partial charge in [-0.25, -0.2) is 4.98 Å². The third kappa shape index (κ3) is 1.66. The molecule has 1 saturated carbocycles. The van der Waals surface area contributed by atoms with Crippen LogP contribution in [-0.2, 0) is 6.42 Å². The van der Waals surface area contributed by atoms with Crippen LogP contribution in [0.5, 0.6) is 0 Å². The van der Waals surface area contributed by atoms with E-state index in [1.165, 1.54) is 18.5 Å². The van der Waals surface area contributed by atoms with E-state index in [-0.39, 0.29) is 5.41 Å². The minimum atomic E-state index is 0.254. The molecule has 4 heteroatoms. The van der Waals surface area contributed by atoms with Crippen LogP contribution >= 0.6 is 11.3 Å². The van der Waals surface area contributed by atoms with Crippen molar-refractivity contribution in [2.75, 3.05) is 6.54 Å². The van der Waals surface area contributed by atoms with Crippen molar-refractivity contribution < 1.29 is 0 Å². The second-order valence-electron chi connectivity index (χ2n) is 5.13. The smallest absolute Gasteiger partial charge is 0.193 e. The summed E-state index contributed by atoms with van der Waals surface area (Å²) in [4.78, 5) is 5.73. The summed E-state index contributed by atoms with van der Waals surface area (Å²) in [5.41, 5.74) is 7.37. The van der Waals surface area contributed by atoms with E-state index in [0.29, 0.717) is 0 Å². The number of hydrogen-bond acceptors (Lipinski definition) is 3. The molecule has 3 nitrogen and oxygen atoms in total. The normalized spacial score (nSPS) is 20.1. The molecule has 86 valence electrons. The molecule has 2 N–H and O–H groups in total. The number of aromatic nitrogens is 2. The van der Waals surface area contributed by atoms with E-state index in [4.69, 9.17) is 5.73 Å². The Morgan fingerprint density at radius 1 is 1.62 bits per heavy atom. The fraction of sp³-hybridized carbons (Fsp3) is 0.583. The summed E-state index contributed by atoms with van der Waals surface area (Å²) >= 11 is 1.69. The summed E-state index contributed by atoms with van der Waals surface area (Å²) in [6.07, 6.45) is 7.91. The van der Waals surface area contributed by atoms with Crippen LogP contribution in [0.15, 0.2) is 17.8 Å². The van der Waals surface area contributed by atoms with Gasteiger partial charge in [0.05, 0.1) is 5.69 Å². The molecule has 2 aromatic rings. The topological polar surface area (TPSA) is 43.3 Å². The van der Waals surface area contributed by atoms with E-state index in [1.54, 1.807) is 11.3 Å². The lowest BCUT2D eigenvalue weighted by molar-refractivity contribution is 0.279. The Morgan fingerprint density at radius 3 is 3.06 bits per heavy atom. The second kappa shape index (κ2) is 3.57. The van der Waals surface area contributed by atoms with Crippen molar-refractivity contribution in [3.8, 4) is 0 Å². The fourth-order valence-electron chi connectivity index (χ4n) is 2.44. The maximum Gasteiger partial charge on any atom is 0.193 e. The van der Waals surface area contributed by atoms with E-state index < -0.39 is 0 Å². The number of fused-ring (bicyclic) bond motifs is 1. The summed E-state index contributed by atoms with van der Waals surface area (Å²) in [7, 11) is 0. The molecule has 0 bridgehead atoms. The van der Waals surface area contributed by atoms with Crippen molar-refractivity contribution in [3.63, 3.8) is 0 Å². The lowest BCUT2D eigenvalue weighted by atomic mass is 9.80. The van der Waals surface area contributed by atoms with Crippen LogP contribution in [0.25, 0.3) is 4.96 Å². The number of rotatable bonds is 4. The summed E-state index contributed by atoms with van der Waals surface area (Å²) in [5.74, 6) is 0.817. The maximum atomic E-state index is 5.93. The maximum absolute atomic E-state index is 5.93. The molecule has 1 atom stereocenters. The molecule has 2 heterocycles. The highest BCUT2D eigenvalue weighted by molar-refractivity contribution is 7.15. The van der Waals surface area contributed by atoms with Gasteiger partial charge in [-0.05, 0) is 37.1 Å². The lowest BCUT2D eigenvalue weighted by Crippen LogP contribution is -2.31. The molecule has 0 saturated heterocycles. The van der Waals surface area contributed by atoms with Crippen LogP contribution in [0.4, 0.5) is 0 Å². The van der Waals surface area contributed by atoms with Gasteiger partial charge in [0.25, 0.3) is 0 Å². The Kier molecular flexibility index (Phi) is 2.30. The highest BCUT2D eigenvalue weighted by Gasteiger charge is 2.40. The van der Waals surface area contributed by atoms with Crippen molar-refractivity contribution in [3.05, 3.63) is 23.5 Å². The van der Waals surface area contributed by atoms with Gasteiger partial charge in [-0.2, -0.15) is 0 Å². The lowest BCUT2D eigenvalue weighted by Gasteiger charge is -2.26. The Labute approximate surface area is 99.3 Å². The molecule has 1 aliphatic carbocycles. The van der Waals surface area contributed by atoms with E-state index in [9.17, 15) is 0 Å². The first kappa shape index (κ1) is 10.3. The zero-order valence-corrected chi connectivity index (χ0v) is 10.3. The molecule has 0 amide bonds. The van der Waals surface area contributed by atoms with Gasteiger partial charge in [-0.15, -0.1) is 11.3 Å². The van der Waals surface area contributed by atoms with Crippen LogP contribution in [0, 0.1) is 11.3 Å². The van der Waals surface area contributed by atoms with Gasteiger partial charge < -0.3 is 5.73 Å². The molecule has 0 radical (unpaired) electrons. The Hall–Kier alpha value is -0.870. The number of nitrogens with zero attached hydrogens (tertiary/aromatic N) is 2. The van der Waals surface area contributed by atoms with Crippen LogP contribution in [0.2, 0.25) is 0 Å². The molecule has 0 aromatic carbocycles. The SMILES string of the molecule is CC(CN)(Cc1cn2ccsc2n1)C1CC1. The van der Waals surface area contributed by atoms with Crippen LogP contribution in [-0.4, -0.2) is 15.9 Å². The third-order valence-corrected chi connectivity index (χ3v) is 4.53. The van der Waals surface area contributed by atoms with E-state index in [1.807, 2.05) is 0 Å². The Balaban J connectivity index is 1.85. The third-order valence-electron chi connectivity index (χ3n) is 3.76. The minimum absolute atomic E-state index is 0.254. The van der Waals surface area contributed by atoms with Crippen molar-refractivity contribution in [1.82, 2.24) is 9.38 Å². The van der Waals surface area contributed by atoms with E-state index in [0.717, 1.165) is 23.8 Å².